The van der Waals surface area contributed by atoms with E-state index in [1.165, 1.54) is 17.7 Å². The van der Waals surface area contributed by atoms with E-state index in [4.69, 9.17) is 0 Å². The van der Waals surface area contributed by atoms with Crippen LogP contribution in [0.5, 0.6) is 0 Å². The summed E-state index contributed by atoms with van der Waals surface area (Å²) in [5, 5.41) is 3.05. The number of hydrogen-bond donors (Lipinski definition) is 1. The van der Waals surface area contributed by atoms with Gasteiger partial charge >= 0.3 is 0 Å². The molecule has 0 radical (unpaired) electrons. The Morgan fingerprint density at radius 1 is 1.00 bits per heavy atom. The Hall–Kier alpha value is -2.53. The van der Waals surface area contributed by atoms with Crippen LogP contribution in [0.15, 0.2) is 48.5 Å². The lowest BCUT2D eigenvalue weighted by Gasteiger charge is -2.32. The Kier molecular flexibility index (Phi) is 6.58. The zero-order valence-corrected chi connectivity index (χ0v) is 17.3. The average molecular weight is 409 g/mol. The number of likely N-dealkylation sites (tertiary alicyclic amines) is 1. The van der Waals surface area contributed by atoms with Gasteiger partial charge < -0.3 is 10.2 Å². The van der Waals surface area contributed by atoms with Crippen molar-refractivity contribution in [3.05, 3.63) is 65.5 Å². The lowest BCUT2D eigenvalue weighted by atomic mass is 9.89. The Morgan fingerprint density at radius 3 is 2.43 bits per heavy atom. The number of Topliss-reactive ketones (excluding diaryl/α,β-unsaturated/α-hetero) is 1. The van der Waals surface area contributed by atoms with E-state index in [1.54, 1.807) is 12.1 Å². The SMILES string of the molecule is O=C(CCCN1CCC(c2cccc(NC(=O)C3CC3)c2)CC1)c1ccc(F)cc1. The first-order valence-corrected chi connectivity index (χ1v) is 11.0. The highest BCUT2D eigenvalue weighted by Crippen LogP contribution is 2.32. The van der Waals surface area contributed by atoms with Gasteiger partial charge in [0.1, 0.15) is 5.82 Å². The average Bonchev–Trinajstić information content (AvgIpc) is 3.60. The highest BCUT2D eigenvalue weighted by atomic mass is 19.1. The topological polar surface area (TPSA) is 49.4 Å². The number of carbonyl (C=O) groups excluding carboxylic acids is 2. The maximum absolute atomic E-state index is 13.0. The van der Waals surface area contributed by atoms with Gasteiger partial charge in [0.2, 0.25) is 5.91 Å². The summed E-state index contributed by atoms with van der Waals surface area (Å²) in [6.45, 7) is 2.96. The predicted octanol–water partition coefficient (Wildman–Crippen LogP) is 5.02. The zero-order chi connectivity index (χ0) is 20.9. The molecule has 1 heterocycles. The van der Waals surface area contributed by atoms with Crippen LogP contribution in [0.4, 0.5) is 10.1 Å². The molecule has 2 aliphatic rings. The number of rotatable bonds is 8. The number of piperidine rings is 1. The molecule has 0 unspecified atom stereocenters. The van der Waals surface area contributed by atoms with E-state index in [-0.39, 0.29) is 23.4 Å². The fourth-order valence-corrected chi connectivity index (χ4v) is 4.19. The van der Waals surface area contributed by atoms with Crippen molar-refractivity contribution in [2.75, 3.05) is 25.0 Å². The van der Waals surface area contributed by atoms with Crippen LogP contribution in [0.1, 0.15) is 60.4 Å². The minimum Gasteiger partial charge on any atom is -0.326 e. The van der Waals surface area contributed by atoms with Crippen molar-refractivity contribution in [2.45, 2.75) is 44.4 Å². The summed E-state index contributed by atoms with van der Waals surface area (Å²) in [5.74, 6) is 0.643. The van der Waals surface area contributed by atoms with E-state index < -0.39 is 0 Å². The van der Waals surface area contributed by atoms with Crippen LogP contribution in [-0.4, -0.2) is 36.2 Å². The van der Waals surface area contributed by atoms with Crippen LogP contribution in [-0.2, 0) is 4.79 Å². The van der Waals surface area contributed by atoms with Gasteiger partial charge in [-0.3, -0.25) is 9.59 Å². The van der Waals surface area contributed by atoms with Gasteiger partial charge in [-0.25, -0.2) is 4.39 Å². The van der Waals surface area contributed by atoms with Crippen molar-refractivity contribution in [2.24, 2.45) is 5.92 Å². The predicted molar refractivity (Wildman–Crippen MR) is 116 cm³/mol. The smallest absolute Gasteiger partial charge is 0.227 e. The third kappa shape index (κ3) is 5.54. The molecule has 1 saturated heterocycles. The van der Waals surface area contributed by atoms with Crippen LogP contribution < -0.4 is 5.32 Å². The van der Waals surface area contributed by atoms with Crippen LogP contribution in [0, 0.1) is 11.7 Å². The van der Waals surface area contributed by atoms with Crippen LogP contribution in [0.3, 0.4) is 0 Å². The fraction of sp³-hybridized carbons (Fsp3) is 0.440. The molecule has 158 valence electrons. The number of halogens is 1. The van der Waals surface area contributed by atoms with Gasteiger partial charge in [-0.1, -0.05) is 12.1 Å². The molecule has 0 atom stereocenters. The van der Waals surface area contributed by atoms with Crippen molar-refractivity contribution in [1.29, 1.82) is 0 Å². The first-order chi connectivity index (χ1) is 14.6. The first kappa shape index (κ1) is 20.7. The molecule has 4 nitrogen and oxygen atoms in total. The number of amides is 1. The summed E-state index contributed by atoms with van der Waals surface area (Å²) < 4.78 is 13.0. The van der Waals surface area contributed by atoms with Gasteiger partial charge in [0.15, 0.2) is 5.78 Å². The van der Waals surface area contributed by atoms with Crippen LogP contribution in [0.25, 0.3) is 0 Å². The summed E-state index contributed by atoms with van der Waals surface area (Å²) in [5.41, 5.74) is 2.80. The van der Waals surface area contributed by atoms with E-state index in [9.17, 15) is 14.0 Å². The monoisotopic (exact) mass is 408 g/mol. The van der Waals surface area contributed by atoms with Crippen LogP contribution in [0.2, 0.25) is 0 Å². The molecule has 1 aliphatic heterocycles. The van der Waals surface area contributed by atoms with Gasteiger partial charge in [0, 0.05) is 23.6 Å². The number of ketones is 1. The first-order valence-electron chi connectivity index (χ1n) is 11.0. The lowest BCUT2D eigenvalue weighted by Crippen LogP contribution is -2.33. The van der Waals surface area contributed by atoms with E-state index in [0.29, 0.717) is 17.9 Å². The molecule has 2 aromatic rings. The molecule has 2 fully saturated rings. The molecule has 5 heteroatoms. The van der Waals surface area contributed by atoms with Crippen molar-refractivity contribution < 1.29 is 14.0 Å². The van der Waals surface area contributed by atoms with Crippen molar-refractivity contribution in [1.82, 2.24) is 4.90 Å². The Balaban J connectivity index is 1.20. The van der Waals surface area contributed by atoms with Crippen LogP contribution >= 0.6 is 0 Å². The largest absolute Gasteiger partial charge is 0.326 e. The summed E-state index contributed by atoms with van der Waals surface area (Å²) in [6, 6.07) is 14.1. The molecule has 0 bridgehead atoms. The fourth-order valence-electron chi connectivity index (χ4n) is 4.19. The van der Waals surface area contributed by atoms with E-state index in [2.05, 4.69) is 22.3 Å². The van der Waals surface area contributed by atoms with E-state index >= 15 is 0 Å². The van der Waals surface area contributed by atoms with Crippen molar-refractivity contribution in [3.8, 4) is 0 Å². The van der Waals surface area contributed by atoms with Gasteiger partial charge in [-0.2, -0.15) is 0 Å². The highest BCUT2D eigenvalue weighted by molar-refractivity contribution is 5.96. The second-order valence-electron chi connectivity index (χ2n) is 8.54. The molecular weight excluding hydrogens is 379 g/mol. The Morgan fingerprint density at radius 2 is 1.73 bits per heavy atom. The van der Waals surface area contributed by atoms with E-state index in [0.717, 1.165) is 57.4 Å². The molecule has 0 spiro atoms. The highest BCUT2D eigenvalue weighted by Gasteiger charge is 2.29. The third-order valence-electron chi connectivity index (χ3n) is 6.21. The van der Waals surface area contributed by atoms with Crippen molar-refractivity contribution in [3.63, 3.8) is 0 Å². The lowest BCUT2D eigenvalue weighted by molar-refractivity contribution is -0.117. The molecule has 30 heavy (non-hydrogen) atoms. The molecule has 1 aliphatic carbocycles. The third-order valence-corrected chi connectivity index (χ3v) is 6.21. The Bertz CT molecular complexity index is 884. The normalized spacial score (nSPS) is 17.6. The molecular formula is C25H29FN2O2. The van der Waals surface area contributed by atoms with Gasteiger partial charge in [0.25, 0.3) is 0 Å². The molecule has 1 amide bonds. The van der Waals surface area contributed by atoms with Crippen molar-refractivity contribution >= 4 is 17.4 Å². The van der Waals surface area contributed by atoms with Gasteiger partial charge in [0.05, 0.1) is 0 Å². The summed E-state index contributed by atoms with van der Waals surface area (Å²) >= 11 is 0. The maximum Gasteiger partial charge on any atom is 0.227 e. The number of anilines is 1. The number of carbonyl (C=O) groups is 2. The number of nitrogens with one attached hydrogen (secondary N) is 1. The van der Waals surface area contributed by atoms with Gasteiger partial charge in [-0.15, -0.1) is 0 Å². The zero-order valence-electron chi connectivity index (χ0n) is 17.3. The standard InChI is InChI=1S/C25H29FN2O2/c26-22-10-8-19(9-11-22)24(29)5-2-14-28-15-12-18(13-16-28)21-3-1-4-23(17-21)27-25(30)20-6-7-20/h1,3-4,8-11,17-18,20H,2,5-7,12-16H2,(H,27,30). The summed E-state index contributed by atoms with van der Waals surface area (Å²) in [4.78, 5) is 26.6. The minimum atomic E-state index is -0.315. The minimum absolute atomic E-state index is 0.0787. The summed E-state index contributed by atoms with van der Waals surface area (Å²) in [7, 11) is 0. The molecule has 1 saturated carbocycles. The molecule has 1 N–H and O–H groups in total. The molecule has 0 aromatic heterocycles. The number of hydrogen-bond acceptors (Lipinski definition) is 3. The molecule has 2 aromatic carbocycles. The number of benzene rings is 2. The second-order valence-corrected chi connectivity index (χ2v) is 8.54. The number of nitrogens with zero attached hydrogens (tertiary/aromatic N) is 1. The van der Waals surface area contributed by atoms with E-state index in [1.807, 2.05) is 12.1 Å². The molecule has 4 rings (SSSR count). The quantitative estimate of drug-likeness (QED) is 0.624. The maximum atomic E-state index is 13.0. The summed E-state index contributed by atoms with van der Waals surface area (Å²) in [6.07, 6.45) is 5.52. The second kappa shape index (κ2) is 9.52. The van der Waals surface area contributed by atoms with Gasteiger partial charge in [-0.05, 0) is 99.6 Å². The Labute approximate surface area is 177 Å².